The van der Waals surface area contributed by atoms with Crippen LogP contribution in [-0.2, 0) is 13.2 Å². The molecule has 0 unspecified atom stereocenters. The second-order valence-corrected chi connectivity index (χ2v) is 6.21. The standard InChI is InChI=1S/C15H10ClF3N4S/c1-23-12(9-5-3-2-4-6-9)21-22-14(23)24-13-11(16)7-10(8-20-13)15(17,18)19/h2-8H,1H3. The Hall–Kier alpha value is -2.06. The van der Waals surface area contributed by atoms with Gasteiger partial charge in [0.15, 0.2) is 11.0 Å². The summed E-state index contributed by atoms with van der Waals surface area (Å²) in [4.78, 5) is 3.79. The van der Waals surface area contributed by atoms with Crippen LogP contribution in [0.4, 0.5) is 13.2 Å². The van der Waals surface area contributed by atoms with Gasteiger partial charge in [-0.05, 0) is 17.8 Å². The minimum Gasteiger partial charge on any atom is -0.305 e. The number of hydrogen-bond donors (Lipinski definition) is 0. The monoisotopic (exact) mass is 370 g/mol. The summed E-state index contributed by atoms with van der Waals surface area (Å²) in [6, 6.07) is 10.3. The van der Waals surface area contributed by atoms with E-state index in [1.165, 1.54) is 0 Å². The van der Waals surface area contributed by atoms with E-state index in [9.17, 15) is 13.2 Å². The van der Waals surface area contributed by atoms with Crippen molar-refractivity contribution >= 4 is 23.4 Å². The van der Waals surface area contributed by atoms with Crippen molar-refractivity contribution in [3.63, 3.8) is 0 Å². The van der Waals surface area contributed by atoms with E-state index in [4.69, 9.17) is 11.6 Å². The minimum absolute atomic E-state index is 0.0842. The Kier molecular flexibility index (Phi) is 4.51. The molecule has 0 fully saturated rings. The Bertz CT molecular complexity index is 865. The Morgan fingerprint density at radius 1 is 1.12 bits per heavy atom. The molecule has 0 aliphatic heterocycles. The van der Waals surface area contributed by atoms with Crippen LogP contribution in [0.2, 0.25) is 5.02 Å². The van der Waals surface area contributed by atoms with Crippen LogP contribution in [0.25, 0.3) is 11.4 Å². The van der Waals surface area contributed by atoms with Crippen LogP contribution in [-0.4, -0.2) is 19.7 Å². The number of nitrogens with zero attached hydrogens (tertiary/aromatic N) is 4. The molecule has 0 spiro atoms. The highest BCUT2D eigenvalue weighted by Gasteiger charge is 2.31. The molecule has 4 nitrogen and oxygen atoms in total. The first kappa shape index (κ1) is 16.8. The van der Waals surface area contributed by atoms with E-state index in [0.29, 0.717) is 11.0 Å². The zero-order chi connectivity index (χ0) is 17.3. The van der Waals surface area contributed by atoms with E-state index in [1.807, 2.05) is 30.3 Å². The first-order valence-electron chi connectivity index (χ1n) is 6.71. The number of alkyl halides is 3. The van der Waals surface area contributed by atoms with Crippen molar-refractivity contribution < 1.29 is 13.2 Å². The van der Waals surface area contributed by atoms with E-state index in [2.05, 4.69) is 15.2 Å². The zero-order valence-corrected chi connectivity index (χ0v) is 13.8. The maximum Gasteiger partial charge on any atom is 0.417 e. The fourth-order valence-corrected chi connectivity index (χ4v) is 3.01. The summed E-state index contributed by atoms with van der Waals surface area (Å²) in [5, 5.41) is 8.79. The summed E-state index contributed by atoms with van der Waals surface area (Å²) in [5.41, 5.74) is -0.00869. The van der Waals surface area contributed by atoms with Crippen LogP contribution >= 0.6 is 23.4 Å². The van der Waals surface area contributed by atoms with E-state index < -0.39 is 11.7 Å². The molecular formula is C15H10ClF3N4S. The van der Waals surface area contributed by atoms with Crippen molar-refractivity contribution in [1.82, 2.24) is 19.7 Å². The third-order valence-electron chi connectivity index (χ3n) is 3.19. The van der Waals surface area contributed by atoms with Gasteiger partial charge in [-0.15, -0.1) is 10.2 Å². The second kappa shape index (κ2) is 6.45. The minimum atomic E-state index is -4.48. The summed E-state index contributed by atoms with van der Waals surface area (Å²) in [6.45, 7) is 0. The van der Waals surface area contributed by atoms with E-state index >= 15 is 0 Å². The van der Waals surface area contributed by atoms with E-state index in [-0.39, 0.29) is 10.0 Å². The molecule has 24 heavy (non-hydrogen) atoms. The number of rotatable bonds is 3. The molecule has 3 rings (SSSR count). The van der Waals surface area contributed by atoms with Crippen LogP contribution in [0.3, 0.4) is 0 Å². The summed E-state index contributed by atoms with van der Waals surface area (Å²) >= 11 is 6.98. The summed E-state index contributed by atoms with van der Waals surface area (Å²) in [6.07, 6.45) is -3.73. The molecule has 3 aromatic rings. The highest BCUT2D eigenvalue weighted by molar-refractivity contribution is 7.99. The molecule has 0 aliphatic carbocycles. The summed E-state index contributed by atoms with van der Waals surface area (Å²) < 4.78 is 39.7. The Morgan fingerprint density at radius 2 is 1.83 bits per heavy atom. The first-order valence-corrected chi connectivity index (χ1v) is 7.91. The summed E-state index contributed by atoms with van der Waals surface area (Å²) in [7, 11) is 1.77. The smallest absolute Gasteiger partial charge is 0.305 e. The molecule has 0 amide bonds. The average Bonchev–Trinajstić information content (AvgIpc) is 2.90. The number of halogens is 4. The molecule has 9 heteroatoms. The molecule has 0 N–H and O–H groups in total. The Balaban J connectivity index is 1.89. The fourth-order valence-electron chi connectivity index (χ4n) is 1.98. The lowest BCUT2D eigenvalue weighted by molar-refractivity contribution is -0.137. The van der Waals surface area contributed by atoms with Gasteiger partial charge in [0.25, 0.3) is 0 Å². The van der Waals surface area contributed by atoms with Crippen LogP contribution in [0.5, 0.6) is 0 Å². The lowest BCUT2D eigenvalue weighted by Gasteiger charge is -2.08. The molecule has 0 atom stereocenters. The van der Waals surface area contributed by atoms with Crippen molar-refractivity contribution in [3.8, 4) is 11.4 Å². The molecule has 0 bridgehead atoms. The van der Waals surface area contributed by atoms with Gasteiger partial charge in [0, 0.05) is 18.8 Å². The quantitative estimate of drug-likeness (QED) is 0.670. The van der Waals surface area contributed by atoms with Crippen LogP contribution < -0.4 is 0 Å². The number of benzene rings is 1. The number of hydrogen-bond acceptors (Lipinski definition) is 4. The predicted octanol–water partition coefficient (Wildman–Crippen LogP) is 4.70. The predicted molar refractivity (Wildman–Crippen MR) is 84.8 cm³/mol. The van der Waals surface area contributed by atoms with Gasteiger partial charge < -0.3 is 4.57 Å². The number of aromatic nitrogens is 4. The normalized spacial score (nSPS) is 11.7. The maximum atomic E-state index is 12.6. The topological polar surface area (TPSA) is 43.6 Å². The molecule has 124 valence electrons. The highest BCUT2D eigenvalue weighted by Crippen LogP contribution is 2.36. The molecule has 0 saturated carbocycles. The van der Waals surface area contributed by atoms with Gasteiger partial charge in [0.05, 0.1) is 10.6 Å². The Morgan fingerprint density at radius 3 is 2.46 bits per heavy atom. The van der Waals surface area contributed by atoms with E-state index in [1.54, 1.807) is 11.6 Å². The number of pyridine rings is 1. The largest absolute Gasteiger partial charge is 0.417 e. The van der Waals surface area contributed by atoms with Crippen LogP contribution in [0.15, 0.2) is 52.8 Å². The van der Waals surface area contributed by atoms with Crippen molar-refractivity contribution in [1.29, 1.82) is 0 Å². The lowest BCUT2D eigenvalue weighted by atomic mass is 10.2. The van der Waals surface area contributed by atoms with Gasteiger partial charge >= 0.3 is 6.18 Å². The van der Waals surface area contributed by atoms with Crippen molar-refractivity contribution in [3.05, 3.63) is 53.2 Å². The lowest BCUT2D eigenvalue weighted by Crippen LogP contribution is -2.05. The molecule has 0 aliphatic rings. The van der Waals surface area contributed by atoms with Crippen molar-refractivity contribution in [2.75, 3.05) is 0 Å². The zero-order valence-electron chi connectivity index (χ0n) is 12.3. The second-order valence-electron chi connectivity index (χ2n) is 4.84. The van der Waals surface area contributed by atoms with Gasteiger partial charge in [-0.1, -0.05) is 41.9 Å². The van der Waals surface area contributed by atoms with E-state index in [0.717, 1.165) is 29.6 Å². The third-order valence-corrected chi connectivity index (χ3v) is 4.65. The average molecular weight is 371 g/mol. The summed E-state index contributed by atoms with van der Waals surface area (Å²) in [5.74, 6) is 0.640. The molecule has 2 heterocycles. The van der Waals surface area contributed by atoms with Crippen LogP contribution in [0, 0.1) is 0 Å². The Labute approximate surface area is 144 Å². The molecular weight excluding hydrogens is 361 g/mol. The van der Waals surface area contributed by atoms with Gasteiger partial charge in [0.1, 0.15) is 5.03 Å². The maximum absolute atomic E-state index is 12.6. The fraction of sp³-hybridized carbons (Fsp3) is 0.133. The molecule has 0 radical (unpaired) electrons. The molecule has 1 aromatic carbocycles. The molecule has 0 saturated heterocycles. The SMILES string of the molecule is Cn1c(Sc2ncc(C(F)(F)F)cc2Cl)nnc1-c1ccccc1. The van der Waals surface area contributed by atoms with Gasteiger partial charge in [-0.2, -0.15) is 13.2 Å². The highest BCUT2D eigenvalue weighted by atomic mass is 35.5. The first-order chi connectivity index (χ1) is 11.4. The van der Waals surface area contributed by atoms with Gasteiger partial charge in [-0.3, -0.25) is 0 Å². The van der Waals surface area contributed by atoms with Crippen molar-refractivity contribution in [2.24, 2.45) is 7.05 Å². The van der Waals surface area contributed by atoms with Crippen molar-refractivity contribution in [2.45, 2.75) is 16.4 Å². The van der Waals surface area contributed by atoms with Gasteiger partial charge in [-0.25, -0.2) is 4.98 Å². The van der Waals surface area contributed by atoms with Gasteiger partial charge in [0.2, 0.25) is 0 Å². The van der Waals surface area contributed by atoms with Crippen LogP contribution in [0.1, 0.15) is 5.56 Å². The molecule has 2 aromatic heterocycles. The third kappa shape index (κ3) is 3.39.